The normalized spacial score (nSPS) is 27.5. The van der Waals surface area contributed by atoms with Gasteiger partial charge in [-0.05, 0) is 30.9 Å². The minimum Gasteiger partial charge on any atom is -0.465 e. The molecule has 5 rings (SSSR count). The fourth-order valence-electron chi connectivity index (χ4n) is 4.37. The van der Waals surface area contributed by atoms with Gasteiger partial charge in [-0.15, -0.1) is 0 Å². The molecule has 3 atom stereocenters. The van der Waals surface area contributed by atoms with Crippen LogP contribution in [-0.2, 0) is 9.53 Å². The molecule has 2 aliphatic heterocycles. The summed E-state index contributed by atoms with van der Waals surface area (Å²) in [4.78, 5) is 11.6. The molecule has 0 unspecified atom stereocenters. The summed E-state index contributed by atoms with van der Waals surface area (Å²) in [6.07, 6.45) is 2.14. The summed E-state index contributed by atoms with van der Waals surface area (Å²) in [6.45, 7) is 0.634. The maximum Gasteiger partial charge on any atom is 0.309 e. The zero-order chi connectivity index (χ0) is 15.4. The van der Waals surface area contributed by atoms with Gasteiger partial charge in [0, 0.05) is 23.0 Å². The smallest absolute Gasteiger partial charge is 0.309 e. The lowest BCUT2D eigenvalue weighted by Crippen LogP contribution is -2.12. The molecule has 3 nitrogen and oxygen atoms in total. The Balaban J connectivity index is 1.42. The van der Waals surface area contributed by atoms with E-state index in [4.69, 9.17) is 9.47 Å². The van der Waals surface area contributed by atoms with E-state index in [-0.39, 0.29) is 11.9 Å². The molecular formula is C20H18O3. The van der Waals surface area contributed by atoms with Gasteiger partial charge >= 0.3 is 5.97 Å². The molecule has 2 heterocycles. The van der Waals surface area contributed by atoms with Gasteiger partial charge in [-0.1, -0.05) is 36.4 Å². The molecule has 0 bridgehead atoms. The first-order chi connectivity index (χ1) is 11.3. The first kappa shape index (κ1) is 13.2. The van der Waals surface area contributed by atoms with Gasteiger partial charge in [0.2, 0.25) is 0 Å². The third-order valence-corrected chi connectivity index (χ3v) is 5.62. The summed E-state index contributed by atoms with van der Waals surface area (Å²) in [6, 6.07) is 16.6. The highest BCUT2D eigenvalue weighted by atomic mass is 16.5. The second-order valence-corrected chi connectivity index (χ2v) is 6.79. The molecule has 0 amide bonds. The lowest BCUT2D eigenvalue weighted by molar-refractivity contribution is -0.141. The number of fused-ring (bicyclic) bond motifs is 3. The minimum absolute atomic E-state index is 0.0211. The molecule has 2 aromatic carbocycles. The van der Waals surface area contributed by atoms with Gasteiger partial charge in [0.1, 0.15) is 11.5 Å². The molecule has 0 spiro atoms. The third kappa shape index (κ3) is 1.99. The summed E-state index contributed by atoms with van der Waals surface area (Å²) < 4.78 is 11.1. The van der Waals surface area contributed by atoms with Crippen LogP contribution in [0.2, 0.25) is 0 Å². The average molecular weight is 306 g/mol. The van der Waals surface area contributed by atoms with Gasteiger partial charge in [0.05, 0.1) is 12.5 Å². The number of ether oxygens (including phenoxy) is 2. The van der Waals surface area contributed by atoms with Crippen molar-refractivity contribution in [3.8, 4) is 11.5 Å². The largest absolute Gasteiger partial charge is 0.465 e. The Bertz CT molecular complexity index is 736. The number of rotatable bonds is 3. The molecular weight excluding hydrogens is 288 g/mol. The lowest BCUT2D eigenvalue weighted by Gasteiger charge is -2.28. The van der Waals surface area contributed by atoms with Crippen molar-refractivity contribution in [1.29, 1.82) is 0 Å². The van der Waals surface area contributed by atoms with E-state index in [9.17, 15) is 4.79 Å². The zero-order valence-electron chi connectivity index (χ0n) is 12.8. The topological polar surface area (TPSA) is 35.5 Å². The quantitative estimate of drug-likeness (QED) is 0.800. The molecule has 3 heteroatoms. The second kappa shape index (κ2) is 4.85. The number of carbonyl (C=O) groups excluding carboxylic acids is 1. The number of benzene rings is 2. The van der Waals surface area contributed by atoms with E-state index in [1.54, 1.807) is 0 Å². The van der Waals surface area contributed by atoms with Gasteiger partial charge in [-0.3, -0.25) is 4.79 Å². The van der Waals surface area contributed by atoms with E-state index in [0.717, 1.165) is 24.3 Å². The molecule has 23 heavy (non-hydrogen) atoms. The van der Waals surface area contributed by atoms with E-state index < -0.39 is 0 Å². The maximum atomic E-state index is 11.6. The van der Waals surface area contributed by atoms with Gasteiger partial charge < -0.3 is 9.47 Å². The molecule has 1 aliphatic carbocycles. The molecule has 1 saturated carbocycles. The predicted octanol–water partition coefficient (Wildman–Crippen LogP) is 4.12. The van der Waals surface area contributed by atoms with Crippen molar-refractivity contribution in [3.05, 3.63) is 59.7 Å². The van der Waals surface area contributed by atoms with Crippen molar-refractivity contribution >= 4 is 5.97 Å². The van der Waals surface area contributed by atoms with Crippen LogP contribution in [0.1, 0.15) is 29.9 Å². The van der Waals surface area contributed by atoms with Crippen molar-refractivity contribution in [1.82, 2.24) is 0 Å². The molecule has 2 aromatic rings. The van der Waals surface area contributed by atoms with Gasteiger partial charge in [-0.25, -0.2) is 0 Å². The van der Waals surface area contributed by atoms with E-state index in [2.05, 4.69) is 24.3 Å². The highest BCUT2D eigenvalue weighted by Gasteiger charge is 2.59. The van der Waals surface area contributed by atoms with Crippen molar-refractivity contribution in [2.45, 2.75) is 18.8 Å². The molecule has 2 fully saturated rings. The van der Waals surface area contributed by atoms with Crippen molar-refractivity contribution in [3.63, 3.8) is 0 Å². The standard InChI is InChI=1S/C20H18O3/c21-20-19-15(16(19)11-22-20)10-9-12-13-5-1-3-7-17(13)23-18-8-4-2-6-14(12)18/h1-8,12,15-16,19H,9-11H2/t15-,16+,19-/m0/s1. The maximum absolute atomic E-state index is 11.6. The number of esters is 1. The Labute approximate surface area is 135 Å². The Morgan fingerprint density at radius 3 is 2.17 bits per heavy atom. The summed E-state index contributed by atoms with van der Waals surface area (Å²) in [7, 11) is 0. The van der Waals surface area contributed by atoms with Crippen LogP contribution >= 0.6 is 0 Å². The lowest BCUT2D eigenvalue weighted by atomic mass is 9.84. The Morgan fingerprint density at radius 2 is 1.57 bits per heavy atom. The number of carbonyl (C=O) groups is 1. The van der Waals surface area contributed by atoms with Gasteiger partial charge in [0.15, 0.2) is 0 Å². The zero-order valence-corrected chi connectivity index (χ0v) is 12.8. The van der Waals surface area contributed by atoms with Crippen LogP contribution in [0.15, 0.2) is 48.5 Å². The third-order valence-electron chi connectivity index (χ3n) is 5.62. The Kier molecular flexibility index (Phi) is 2.78. The first-order valence-electron chi connectivity index (χ1n) is 8.35. The summed E-state index contributed by atoms with van der Waals surface area (Å²) in [5, 5.41) is 0. The minimum atomic E-state index is 0.0211. The molecule has 0 radical (unpaired) electrons. The fraction of sp³-hybridized carbons (Fsp3) is 0.350. The number of hydrogen-bond donors (Lipinski definition) is 0. The van der Waals surface area contributed by atoms with Crippen LogP contribution in [0.25, 0.3) is 0 Å². The summed E-state index contributed by atoms with van der Waals surface area (Å²) >= 11 is 0. The van der Waals surface area contributed by atoms with Gasteiger partial charge in [0.25, 0.3) is 0 Å². The van der Waals surface area contributed by atoms with Gasteiger partial charge in [-0.2, -0.15) is 0 Å². The van der Waals surface area contributed by atoms with Crippen LogP contribution in [-0.4, -0.2) is 12.6 Å². The second-order valence-electron chi connectivity index (χ2n) is 6.79. The summed E-state index contributed by atoms with van der Waals surface area (Å²) in [5.41, 5.74) is 2.53. The first-order valence-corrected chi connectivity index (χ1v) is 8.35. The molecule has 3 aliphatic rings. The van der Waals surface area contributed by atoms with Crippen molar-refractivity contribution in [2.24, 2.45) is 17.8 Å². The van der Waals surface area contributed by atoms with E-state index in [1.807, 2.05) is 24.3 Å². The number of cyclic esters (lactones) is 1. The number of para-hydroxylation sites is 2. The Morgan fingerprint density at radius 1 is 0.913 bits per heavy atom. The average Bonchev–Trinajstić information content (AvgIpc) is 3.16. The van der Waals surface area contributed by atoms with Crippen LogP contribution < -0.4 is 4.74 Å². The van der Waals surface area contributed by atoms with Crippen LogP contribution in [0, 0.1) is 17.8 Å². The monoisotopic (exact) mass is 306 g/mol. The molecule has 116 valence electrons. The van der Waals surface area contributed by atoms with E-state index in [0.29, 0.717) is 24.4 Å². The Hall–Kier alpha value is -2.29. The molecule has 1 saturated heterocycles. The molecule has 0 aromatic heterocycles. The van der Waals surface area contributed by atoms with Crippen LogP contribution in [0.3, 0.4) is 0 Å². The van der Waals surface area contributed by atoms with E-state index >= 15 is 0 Å². The summed E-state index contributed by atoms with van der Waals surface area (Å²) in [5.74, 6) is 3.49. The molecule has 0 N–H and O–H groups in total. The fourth-order valence-corrected chi connectivity index (χ4v) is 4.37. The predicted molar refractivity (Wildman–Crippen MR) is 85.5 cm³/mol. The van der Waals surface area contributed by atoms with Crippen molar-refractivity contribution in [2.75, 3.05) is 6.61 Å². The SMILES string of the molecule is O=C1OC[C@@H]2[C@H](CCC3c4ccccc4Oc4ccccc43)[C@H]12. The van der Waals surface area contributed by atoms with Crippen LogP contribution in [0.5, 0.6) is 11.5 Å². The highest BCUT2D eigenvalue weighted by Crippen LogP contribution is 2.56. The van der Waals surface area contributed by atoms with Crippen LogP contribution in [0.4, 0.5) is 0 Å². The highest BCUT2D eigenvalue weighted by molar-refractivity contribution is 5.79. The number of hydrogen-bond acceptors (Lipinski definition) is 3. The van der Waals surface area contributed by atoms with Crippen molar-refractivity contribution < 1.29 is 14.3 Å². The van der Waals surface area contributed by atoms with E-state index in [1.165, 1.54) is 11.1 Å².